The maximum atomic E-state index is 13.0. The van der Waals surface area contributed by atoms with Gasteiger partial charge in [0.1, 0.15) is 4.62 Å². The highest BCUT2D eigenvalue weighted by Crippen LogP contribution is 2.49. The first-order chi connectivity index (χ1) is 11.5. The lowest BCUT2D eigenvalue weighted by molar-refractivity contribution is 0.230. The summed E-state index contributed by atoms with van der Waals surface area (Å²) in [6.45, 7) is 6.03. The molecule has 0 aliphatic heterocycles. The van der Waals surface area contributed by atoms with Crippen molar-refractivity contribution in [1.29, 1.82) is 0 Å². The molecule has 0 N–H and O–H groups in total. The predicted molar refractivity (Wildman–Crippen MR) is 96.5 cm³/mol. The largest absolute Gasteiger partial charge is 0.373 e. The van der Waals surface area contributed by atoms with Crippen molar-refractivity contribution >= 4 is 40.1 Å². The van der Waals surface area contributed by atoms with E-state index in [-0.39, 0.29) is 0 Å². The van der Waals surface area contributed by atoms with Gasteiger partial charge in [-0.15, -0.1) is 5.10 Å². The summed E-state index contributed by atoms with van der Waals surface area (Å²) in [6, 6.07) is 7.32. The molecule has 3 aromatic rings. The van der Waals surface area contributed by atoms with Gasteiger partial charge >= 0.3 is 7.60 Å². The van der Waals surface area contributed by atoms with E-state index in [0.29, 0.717) is 39.3 Å². The van der Waals surface area contributed by atoms with E-state index >= 15 is 0 Å². The second kappa shape index (κ2) is 6.94. The maximum absolute atomic E-state index is 13.0. The van der Waals surface area contributed by atoms with Crippen molar-refractivity contribution in [3.8, 4) is 11.4 Å². The molecule has 0 atom stereocenters. The van der Waals surface area contributed by atoms with Crippen molar-refractivity contribution in [2.24, 2.45) is 0 Å². The zero-order valence-electron chi connectivity index (χ0n) is 13.5. The van der Waals surface area contributed by atoms with Crippen molar-refractivity contribution < 1.29 is 13.6 Å². The first kappa shape index (κ1) is 17.6. The van der Waals surface area contributed by atoms with E-state index in [0.717, 1.165) is 5.56 Å². The molecule has 128 valence electrons. The molecular weight excluding hydrogens is 369 g/mol. The summed E-state index contributed by atoms with van der Waals surface area (Å²) in [7, 11) is -3.34. The Bertz CT molecular complexity index is 897. The Morgan fingerprint density at radius 2 is 1.83 bits per heavy atom. The van der Waals surface area contributed by atoms with Crippen LogP contribution in [0.4, 0.5) is 0 Å². The zero-order chi connectivity index (χ0) is 17.3. The number of hydrogen-bond donors (Lipinski definition) is 0. The van der Waals surface area contributed by atoms with Crippen LogP contribution in [0, 0.1) is 6.92 Å². The molecule has 0 unspecified atom stereocenters. The normalized spacial score (nSPS) is 12.2. The number of rotatable bonds is 6. The van der Waals surface area contributed by atoms with Crippen molar-refractivity contribution in [1.82, 2.24) is 14.6 Å². The molecule has 0 aliphatic carbocycles. The average molecular weight is 386 g/mol. The number of fused-ring (bicyclic) bond motifs is 1. The summed E-state index contributed by atoms with van der Waals surface area (Å²) in [5, 5.41) is 5.17. The molecule has 2 heterocycles. The van der Waals surface area contributed by atoms with Crippen LogP contribution in [0.3, 0.4) is 0 Å². The molecule has 0 amide bonds. The van der Waals surface area contributed by atoms with Gasteiger partial charge in [0.2, 0.25) is 4.96 Å². The molecule has 0 saturated heterocycles. The molecule has 6 nitrogen and oxygen atoms in total. The van der Waals surface area contributed by atoms with Gasteiger partial charge in [0.05, 0.1) is 18.9 Å². The number of hydrogen-bond acceptors (Lipinski definition) is 6. The van der Waals surface area contributed by atoms with Gasteiger partial charge < -0.3 is 9.05 Å². The molecule has 24 heavy (non-hydrogen) atoms. The lowest BCUT2D eigenvalue weighted by atomic mass is 10.2. The fraction of sp³-hybridized carbons (Fsp3) is 0.333. The minimum absolute atomic E-state index is 0.306. The van der Waals surface area contributed by atoms with Crippen LogP contribution in [0.2, 0.25) is 5.02 Å². The predicted octanol–water partition coefficient (Wildman–Crippen LogP) is 4.31. The summed E-state index contributed by atoms with van der Waals surface area (Å²) in [6.07, 6.45) is 0. The van der Waals surface area contributed by atoms with Crippen molar-refractivity contribution in [2.45, 2.75) is 20.8 Å². The number of thiazole rings is 1. The zero-order valence-corrected chi connectivity index (χ0v) is 16.0. The average Bonchev–Trinajstić information content (AvgIpc) is 3.09. The standard InChI is InChI=1S/C15H17ClN3O3PS/c1-4-21-23(20,22-5-2)14-10(3)19-15(24-14)17-13(18-19)11-6-8-12(16)9-7-11/h6-9H,4-5H2,1-3H3. The van der Waals surface area contributed by atoms with Gasteiger partial charge in [-0.1, -0.05) is 22.9 Å². The van der Waals surface area contributed by atoms with E-state index in [1.165, 1.54) is 11.3 Å². The molecule has 0 fully saturated rings. The van der Waals surface area contributed by atoms with E-state index in [1.807, 2.05) is 19.1 Å². The highest BCUT2D eigenvalue weighted by molar-refractivity contribution is 7.69. The van der Waals surface area contributed by atoms with Crippen LogP contribution < -0.4 is 4.62 Å². The number of benzene rings is 1. The summed E-state index contributed by atoms with van der Waals surface area (Å²) in [4.78, 5) is 5.17. The van der Waals surface area contributed by atoms with Gasteiger partial charge in [-0.25, -0.2) is 4.52 Å². The third-order valence-electron chi connectivity index (χ3n) is 3.34. The van der Waals surface area contributed by atoms with Gasteiger partial charge in [-0.2, -0.15) is 4.98 Å². The molecular formula is C15H17ClN3O3PS. The maximum Gasteiger partial charge on any atom is 0.373 e. The molecule has 0 aliphatic rings. The van der Waals surface area contributed by atoms with Gasteiger partial charge in [-0.3, -0.25) is 4.57 Å². The Morgan fingerprint density at radius 3 is 2.38 bits per heavy atom. The highest BCUT2D eigenvalue weighted by atomic mass is 35.5. The van der Waals surface area contributed by atoms with E-state index < -0.39 is 7.60 Å². The van der Waals surface area contributed by atoms with E-state index in [4.69, 9.17) is 20.6 Å². The van der Waals surface area contributed by atoms with Crippen LogP contribution in [0.25, 0.3) is 16.3 Å². The second-order valence-corrected chi connectivity index (χ2v) is 8.64. The van der Waals surface area contributed by atoms with E-state index in [1.54, 1.807) is 30.5 Å². The number of aromatic nitrogens is 3. The minimum Gasteiger partial charge on any atom is -0.305 e. The van der Waals surface area contributed by atoms with Crippen molar-refractivity contribution in [2.75, 3.05) is 13.2 Å². The lowest BCUT2D eigenvalue weighted by Crippen LogP contribution is -2.11. The minimum atomic E-state index is -3.34. The summed E-state index contributed by atoms with van der Waals surface area (Å²) < 4.78 is 26.0. The monoisotopic (exact) mass is 385 g/mol. The fourth-order valence-electron chi connectivity index (χ4n) is 2.30. The number of nitrogens with zero attached hydrogens (tertiary/aromatic N) is 3. The summed E-state index contributed by atoms with van der Waals surface area (Å²) in [5.74, 6) is 0.593. The van der Waals surface area contributed by atoms with Crippen molar-refractivity contribution in [3.05, 3.63) is 35.0 Å². The van der Waals surface area contributed by atoms with Crippen LogP contribution in [0.15, 0.2) is 24.3 Å². The third kappa shape index (κ3) is 3.15. The molecule has 0 bridgehead atoms. The Kier molecular flexibility index (Phi) is 5.08. The van der Waals surface area contributed by atoms with Gasteiger partial charge in [-0.05, 0) is 45.0 Å². The lowest BCUT2D eigenvalue weighted by Gasteiger charge is -2.15. The molecule has 0 saturated carbocycles. The van der Waals surface area contributed by atoms with Gasteiger partial charge in [0, 0.05) is 10.6 Å². The SMILES string of the molecule is CCOP(=O)(OCC)c1sc2nc(-c3ccc(Cl)cc3)nn2c1C. The highest BCUT2D eigenvalue weighted by Gasteiger charge is 2.33. The molecule has 9 heteroatoms. The van der Waals surface area contributed by atoms with Crippen LogP contribution in [-0.2, 0) is 13.6 Å². The Balaban J connectivity index is 2.05. The van der Waals surface area contributed by atoms with Gasteiger partial charge in [0.25, 0.3) is 0 Å². The Labute approximate surface area is 148 Å². The molecule has 2 aromatic heterocycles. The smallest absolute Gasteiger partial charge is 0.305 e. The Morgan fingerprint density at radius 1 is 1.21 bits per heavy atom. The van der Waals surface area contributed by atoms with Gasteiger partial charge in [0.15, 0.2) is 5.82 Å². The topological polar surface area (TPSA) is 65.7 Å². The van der Waals surface area contributed by atoms with E-state index in [2.05, 4.69) is 10.1 Å². The van der Waals surface area contributed by atoms with E-state index in [9.17, 15) is 4.57 Å². The van der Waals surface area contributed by atoms with Crippen LogP contribution in [0.5, 0.6) is 0 Å². The molecule has 0 radical (unpaired) electrons. The first-order valence-corrected chi connectivity index (χ1v) is 10.2. The number of aryl methyl sites for hydroxylation is 1. The summed E-state index contributed by atoms with van der Waals surface area (Å²) in [5.41, 5.74) is 1.59. The van der Waals surface area contributed by atoms with Crippen LogP contribution in [0.1, 0.15) is 19.5 Å². The van der Waals surface area contributed by atoms with Crippen LogP contribution >= 0.6 is 30.5 Å². The summed E-state index contributed by atoms with van der Waals surface area (Å²) >= 11 is 7.19. The fourth-order valence-corrected chi connectivity index (χ4v) is 5.72. The van der Waals surface area contributed by atoms with Crippen molar-refractivity contribution in [3.63, 3.8) is 0 Å². The van der Waals surface area contributed by atoms with Crippen LogP contribution in [-0.4, -0.2) is 27.8 Å². The molecule has 1 aromatic carbocycles. The molecule has 3 rings (SSSR count). The molecule has 0 spiro atoms. The quantitative estimate of drug-likeness (QED) is 0.591. The first-order valence-electron chi connectivity index (χ1n) is 7.50. The number of halogens is 1. The second-order valence-electron chi connectivity index (χ2n) is 4.96. The third-order valence-corrected chi connectivity index (χ3v) is 7.49. The Hall–Kier alpha value is -1.24.